The summed E-state index contributed by atoms with van der Waals surface area (Å²) in [7, 11) is 0. The van der Waals surface area contributed by atoms with Crippen LogP contribution in [0.3, 0.4) is 0 Å². The third kappa shape index (κ3) is 2.23. The van der Waals surface area contributed by atoms with Gasteiger partial charge in [0.05, 0.1) is 11.4 Å². The van der Waals surface area contributed by atoms with Gasteiger partial charge >= 0.3 is 0 Å². The number of benzene rings is 1. The third-order valence-electron chi connectivity index (χ3n) is 2.55. The maximum absolute atomic E-state index is 12.0. The molecule has 2 heterocycles. The lowest BCUT2D eigenvalue weighted by atomic mass is 10.2. The highest BCUT2D eigenvalue weighted by molar-refractivity contribution is 6.02. The van der Waals surface area contributed by atoms with E-state index in [0.717, 1.165) is 0 Å². The quantitative estimate of drug-likeness (QED) is 0.709. The van der Waals surface area contributed by atoms with Gasteiger partial charge < -0.3 is 5.32 Å². The van der Waals surface area contributed by atoms with E-state index in [9.17, 15) is 4.79 Å². The van der Waals surface area contributed by atoms with Gasteiger partial charge in [-0.05, 0) is 29.5 Å². The lowest BCUT2D eigenvalue weighted by Gasteiger charge is -2.08. The number of amides is 1. The zero-order valence-electron chi connectivity index (χ0n) is 10.5. The van der Waals surface area contributed by atoms with Crippen molar-refractivity contribution in [1.82, 2.24) is 35.4 Å². The molecule has 9 heteroatoms. The summed E-state index contributed by atoms with van der Waals surface area (Å²) in [4.78, 5) is 16.0. The predicted octanol–water partition coefficient (Wildman–Crippen LogP) is 0.341. The molecule has 0 saturated carbocycles. The highest BCUT2D eigenvalue weighted by Crippen LogP contribution is 2.18. The van der Waals surface area contributed by atoms with E-state index >= 15 is 0 Å². The van der Waals surface area contributed by atoms with Crippen LogP contribution in [0.4, 0.5) is 5.69 Å². The van der Waals surface area contributed by atoms with Crippen LogP contribution in [0.15, 0.2) is 30.6 Å². The van der Waals surface area contributed by atoms with Gasteiger partial charge in [-0.25, -0.2) is 4.98 Å². The van der Waals surface area contributed by atoms with Crippen LogP contribution in [0.1, 0.15) is 16.4 Å². The molecule has 3 rings (SSSR count). The number of carbonyl (C=O) groups is 1. The summed E-state index contributed by atoms with van der Waals surface area (Å²) in [5.74, 6) is 0.243. The van der Waals surface area contributed by atoms with Gasteiger partial charge in [0, 0.05) is 0 Å². The van der Waals surface area contributed by atoms with Crippen molar-refractivity contribution in [2.24, 2.45) is 0 Å². The van der Waals surface area contributed by atoms with Crippen molar-refractivity contribution in [3.05, 3.63) is 42.2 Å². The zero-order valence-corrected chi connectivity index (χ0v) is 10.5. The summed E-state index contributed by atoms with van der Waals surface area (Å²) in [6.45, 7) is 1.72. The number of anilines is 1. The number of aromatic nitrogens is 7. The summed E-state index contributed by atoms with van der Waals surface area (Å²) in [6, 6.07) is 7.15. The molecule has 20 heavy (non-hydrogen) atoms. The van der Waals surface area contributed by atoms with Crippen LogP contribution in [0, 0.1) is 6.92 Å². The standard InChI is InChI=1S/C11H10N8O/c1-7-13-10(16-15-7)11(20)14-8-4-2-3-5-9(8)19-6-12-17-18-19/h2-6H,1H3,(H,14,20)(H,13,15,16). The number of carbonyl (C=O) groups excluding carboxylic acids is 1. The summed E-state index contributed by atoms with van der Waals surface area (Å²) >= 11 is 0. The largest absolute Gasteiger partial charge is 0.317 e. The number of H-pyrrole nitrogens is 1. The predicted molar refractivity (Wildman–Crippen MR) is 68.2 cm³/mol. The molecular formula is C11H10N8O. The van der Waals surface area contributed by atoms with Gasteiger partial charge in [0.15, 0.2) is 0 Å². The number of nitrogens with one attached hydrogen (secondary N) is 2. The monoisotopic (exact) mass is 270 g/mol. The van der Waals surface area contributed by atoms with Gasteiger partial charge in [-0.2, -0.15) is 4.68 Å². The van der Waals surface area contributed by atoms with E-state index in [-0.39, 0.29) is 5.82 Å². The van der Waals surface area contributed by atoms with E-state index in [4.69, 9.17) is 0 Å². The number of hydrogen-bond donors (Lipinski definition) is 2. The lowest BCUT2D eigenvalue weighted by Crippen LogP contribution is -2.15. The smallest absolute Gasteiger partial charge is 0.295 e. The van der Waals surface area contributed by atoms with Crippen LogP contribution in [-0.2, 0) is 0 Å². The minimum atomic E-state index is -0.408. The average Bonchev–Trinajstić information content (AvgIpc) is 3.10. The van der Waals surface area contributed by atoms with Gasteiger partial charge in [-0.3, -0.25) is 9.89 Å². The maximum atomic E-state index is 12.0. The van der Waals surface area contributed by atoms with Crippen LogP contribution in [0.5, 0.6) is 0 Å². The Morgan fingerprint density at radius 2 is 2.20 bits per heavy atom. The van der Waals surface area contributed by atoms with Crippen LogP contribution < -0.4 is 5.32 Å². The molecular weight excluding hydrogens is 260 g/mol. The first-order valence-corrected chi connectivity index (χ1v) is 5.77. The topological polar surface area (TPSA) is 114 Å². The molecule has 100 valence electrons. The molecule has 0 aliphatic heterocycles. The van der Waals surface area contributed by atoms with Crippen molar-refractivity contribution in [3.8, 4) is 5.69 Å². The molecule has 0 radical (unpaired) electrons. The van der Waals surface area contributed by atoms with Crippen molar-refractivity contribution in [1.29, 1.82) is 0 Å². The Kier molecular flexibility index (Phi) is 2.92. The van der Waals surface area contributed by atoms with Gasteiger partial charge in [0.2, 0.25) is 5.82 Å². The first-order chi connectivity index (χ1) is 9.74. The van der Waals surface area contributed by atoms with Crippen molar-refractivity contribution in [2.45, 2.75) is 6.92 Å². The maximum Gasteiger partial charge on any atom is 0.295 e. The molecule has 1 amide bonds. The summed E-state index contributed by atoms with van der Waals surface area (Å²) in [5.41, 5.74) is 1.21. The molecule has 0 saturated heterocycles. The van der Waals surface area contributed by atoms with Gasteiger partial charge in [0.25, 0.3) is 5.91 Å². The fourth-order valence-electron chi connectivity index (χ4n) is 1.67. The molecule has 0 aliphatic rings. The molecule has 0 bridgehead atoms. The minimum Gasteiger partial charge on any atom is -0.317 e. The van der Waals surface area contributed by atoms with Crippen LogP contribution in [0.2, 0.25) is 0 Å². The second-order valence-corrected chi connectivity index (χ2v) is 3.97. The van der Waals surface area contributed by atoms with Crippen molar-refractivity contribution < 1.29 is 4.79 Å². The molecule has 1 aromatic carbocycles. The zero-order chi connectivity index (χ0) is 13.9. The third-order valence-corrected chi connectivity index (χ3v) is 2.55. The number of tetrazole rings is 1. The van der Waals surface area contributed by atoms with Gasteiger partial charge in [0.1, 0.15) is 12.2 Å². The summed E-state index contributed by atoms with van der Waals surface area (Å²) < 4.78 is 1.46. The van der Waals surface area contributed by atoms with Crippen molar-refractivity contribution in [3.63, 3.8) is 0 Å². The molecule has 0 unspecified atom stereocenters. The Morgan fingerprint density at radius 3 is 2.90 bits per heavy atom. The number of rotatable bonds is 3. The normalized spacial score (nSPS) is 10.4. The number of aromatic amines is 1. The molecule has 0 aliphatic carbocycles. The molecule has 2 N–H and O–H groups in total. The second kappa shape index (κ2) is 4.88. The second-order valence-electron chi connectivity index (χ2n) is 3.97. The lowest BCUT2D eigenvalue weighted by molar-refractivity contribution is 0.101. The van der Waals surface area contributed by atoms with E-state index in [1.807, 2.05) is 6.07 Å². The Hall–Kier alpha value is -3.10. The molecule has 0 atom stereocenters. The Labute approximate surface area is 113 Å². The van der Waals surface area contributed by atoms with Gasteiger partial charge in [-0.15, -0.1) is 10.2 Å². The SMILES string of the molecule is Cc1nc(C(=O)Nc2ccccc2-n2cnnn2)n[nH]1. The minimum absolute atomic E-state index is 0.0778. The van der Waals surface area contributed by atoms with E-state index < -0.39 is 5.91 Å². The van der Waals surface area contributed by atoms with Gasteiger partial charge in [-0.1, -0.05) is 12.1 Å². The Bertz CT molecular complexity index is 732. The highest BCUT2D eigenvalue weighted by atomic mass is 16.2. The van der Waals surface area contributed by atoms with E-state index in [1.165, 1.54) is 11.0 Å². The Morgan fingerprint density at radius 1 is 1.35 bits per heavy atom. The number of nitrogens with zero attached hydrogens (tertiary/aromatic N) is 6. The van der Waals surface area contributed by atoms with Crippen LogP contribution in [-0.4, -0.2) is 41.3 Å². The summed E-state index contributed by atoms with van der Waals surface area (Å²) in [5, 5.41) is 20.1. The molecule has 0 spiro atoms. The first-order valence-electron chi connectivity index (χ1n) is 5.77. The van der Waals surface area contributed by atoms with Crippen LogP contribution >= 0.6 is 0 Å². The Balaban J connectivity index is 1.90. The molecule has 0 fully saturated rings. The first kappa shape index (κ1) is 12.0. The van der Waals surface area contributed by atoms with E-state index in [2.05, 4.69) is 36.0 Å². The molecule has 9 nitrogen and oxygen atoms in total. The molecule has 3 aromatic rings. The number of para-hydroxylation sites is 2. The van der Waals surface area contributed by atoms with Crippen molar-refractivity contribution >= 4 is 11.6 Å². The number of aryl methyl sites for hydroxylation is 1. The molecule has 2 aromatic heterocycles. The number of hydrogen-bond acceptors (Lipinski definition) is 6. The highest BCUT2D eigenvalue weighted by Gasteiger charge is 2.14. The van der Waals surface area contributed by atoms with Crippen LogP contribution in [0.25, 0.3) is 5.69 Å². The van der Waals surface area contributed by atoms with E-state index in [1.54, 1.807) is 25.1 Å². The van der Waals surface area contributed by atoms with Crippen molar-refractivity contribution in [2.75, 3.05) is 5.32 Å². The average molecular weight is 270 g/mol. The fourth-order valence-corrected chi connectivity index (χ4v) is 1.67. The fraction of sp³-hybridized carbons (Fsp3) is 0.0909. The van der Waals surface area contributed by atoms with E-state index in [0.29, 0.717) is 17.2 Å². The summed E-state index contributed by atoms with van der Waals surface area (Å²) in [6.07, 6.45) is 1.45.